The van der Waals surface area contributed by atoms with Crippen LogP contribution in [0.25, 0.3) is 0 Å². The van der Waals surface area contributed by atoms with Crippen molar-refractivity contribution in [1.82, 2.24) is 15.1 Å². The van der Waals surface area contributed by atoms with Crippen LogP contribution in [-0.2, 0) is 0 Å². The van der Waals surface area contributed by atoms with E-state index in [1.807, 2.05) is 47.4 Å². The zero-order chi connectivity index (χ0) is 16.8. The Balaban J connectivity index is 1.67. The number of aromatic nitrogens is 2. The topological polar surface area (TPSA) is 56.1 Å². The normalized spacial score (nSPS) is 11.9. The minimum atomic E-state index is -0.105. The Hall–Kier alpha value is -2.60. The smallest absolute Gasteiger partial charge is 0.251 e. The summed E-state index contributed by atoms with van der Waals surface area (Å²) in [6.45, 7) is 3.02. The predicted molar refractivity (Wildman–Crippen MR) is 94.6 cm³/mol. The molecule has 3 rings (SSSR count). The van der Waals surface area contributed by atoms with E-state index >= 15 is 0 Å². The van der Waals surface area contributed by atoms with E-state index in [0.717, 1.165) is 10.6 Å². The van der Waals surface area contributed by atoms with E-state index < -0.39 is 0 Å². The van der Waals surface area contributed by atoms with Crippen LogP contribution in [0.4, 0.5) is 0 Å². The van der Waals surface area contributed by atoms with Gasteiger partial charge >= 0.3 is 0 Å². The Labute approximate surface area is 144 Å². The third-order valence-corrected chi connectivity index (χ3v) is 4.57. The van der Waals surface area contributed by atoms with Gasteiger partial charge in [-0.3, -0.25) is 9.48 Å². The SMILES string of the molecule is CCOc1ccc(C(=O)NCC(c2cccs2)n2cccn2)cc1. The van der Waals surface area contributed by atoms with Gasteiger partial charge in [-0.2, -0.15) is 5.10 Å². The highest BCUT2D eigenvalue weighted by atomic mass is 32.1. The molecular weight excluding hydrogens is 322 g/mol. The van der Waals surface area contributed by atoms with Crippen LogP contribution in [0.3, 0.4) is 0 Å². The average molecular weight is 341 g/mol. The fraction of sp³-hybridized carbons (Fsp3) is 0.222. The molecule has 2 aromatic heterocycles. The molecule has 0 saturated heterocycles. The molecule has 0 bridgehead atoms. The maximum absolute atomic E-state index is 12.4. The Morgan fingerprint density at radius 1 is 1.29 bits per heavy atom. The van der Waals surface area contributed by atoms with Crippen molar-refractivity contribution in [2.75, 3.05) is 13.2 Å². The predicted octanol–water partition coefficient (Wildman–Crippen LogP) is 3.36. The number of benzene rings is 1. The molecule has 1 unspecified atom stereocenters. The first kappa shape index (κ1) is 16.3. The van der Waals surface area contributed by atoms with Crippen LogP contribution in [-0.4, -0.2) is 28.8 Å². The lowest BCUT2D eigenvalue weighted by atomic mass is 10.2. The van der Waals surface area contributed by atoms with Crippen molar-refractivity contribution < 1.29 is 9.53 Å². The first-order valence-electron chi connectivity index (χ1n) is 7.81. The highest BCUT2D eigenvalue weighted by Gasteiger charge is 2.16. The molecule has 6 heteroatoms. The fourth-order valence-corrected chi connectivity index (χ4v) is 3.25. The maximum atomic E-state index is 12.4. The molecule has 0 radical (unpaired) electrons. The summed E-state index contributed by atoms with van der Waals surface area (Å²) in [4.78, 5) is 13.5. The van der Waals surface area contributed by atoms with Gasteiger partial charge in [-0.1, -0.05) is 6.07 Å². The molecule has 124 valence electrons. The highest BCUT2D eigenvalue weighted by molar-refractivity contribution is 7.10. The summed E-state index contributed by atoms with van der Waals surface area (Å²) < 4.78 is 7.26. The van der Waals surface area contributed by atoms with Crippen LogP contribution in [0.15, 0.2) is 60.2 Å². The second kappa shape index (κ2) is 7.79. The van der Waals surface area contributed by atoms with Crippen LogP contribution in [0, 0.1) is 0 Å². The Bertz CT molecular complexity index is 718. The molecule has 0 aliphatic heterocycles. The number of hydrogen-bond donors (Lipinski definition) is 1. The first-order chi connectivity index (χ1) is 11.8. The van der Waals surface area contributed by atoms with Gasteiger partial charge in [0.05, 0.1) is 6.61 Å². The van der Waals surface area contributed by atoms with Gasteiger partial charge in [-0.05, 0) is 48.7 Å². The molecule has 24 heavy (non-hydrogen) atoms. The molecule has 2 heterocycles. The minimum absolute atomic E-state index is 0.00773. The number of rotatable bonds is 7. The second-order valence-corrected chi connectivity index (χ2v) is 6.16. The number of carbonyl (C=O) groups is 1. The lowest BCUT2D eigenvalue weighted by molar-refractivity contribution is 0.0949. The Morgan fingerprint density at radius 2 is 2.12 bits per heavy atom. The Morgan fingerprint density at radius 3 is 2.75 bits per heavy atom. The van der Waals surface area contributed by atoms with Gasteiger partial charge in [0.1, 0.15) is 11.8 Å². The van der Waals surface area contributed by atoms with Gasteiger partial charge in [0.15, 0.2) is 0 Å². The number of nitrogens with one attached hydrogen (secondary N) is 1. The number of nitrogens with zero attached hydrogens (tertiary/aromatic N) is 2. The van der Waals surface area contributed by atoms with Crippen LogP contribution < -0.4 is 10.1 Å². The van der Waals surface area contributed by atoms with E-state index in [4.69, 9.17) is 4.74 Å². The molecule has 0 aliphatic rings. The molecule has 1 atom stereocenters. The molecule has 0 fully saturated rings. The monoisotopic (exact) mass is 341 g/mol. The summed E-state index contributed by atoms with van der Waals surface area (Å²) in [6.07, 6.45) is 3.66. The number of amides is 1. The average Bonchev–Trinajstić information content (AvgIpc) is 3.30. The summed E-state index contributed by atoms with van der Waals surface area (Å²) in [5.74, 6) is 0.661. The molecule has 3 aromatic rings. The molecule has 0 spiro atoms. The lowest BCUT2D eigenvalue weighted by Gasteiger charge is -2.17. The summed E-state index contributed by atoms with van der Waals surface area (Å²) >= 11 is 1.66. The van der Waals surface area contributed by atoms with Gasteiger partial charge in [-0.25, -0.2) is 0 Å². The first-order valence-corrected chi connectivity index (χ1v) is 8.69. The van der Waals surface area contributed by atoms with Crippen LogP contribution in [0.2, 0.25) is 0 Å². The Kier molecular flexibility index (Phi) is 5.28. The van der Waals surface area contributed by atoms with Gasteiger partial charge in [0.25, 0.3) is 5.91 Å². The number of carbonyl (C=O) groups excluding carboxylic acids is 1. The fourth-order valence-electron chi connectivity index (χ4n) is 2.43. The number of ether oxygens (including phenoxy) is 1. The second-order valence-electron chi connectivity index (χ2n) is 5.18. The lowest BCUT2D eigenvalue weighted by Crippen LogP contribution is -2.31. The van der Waals surface area contributed by atoms with Crippen molar-refractivity contribution in [2.45, 2.75) is 13.0 Å². The number of thiophene rings is 1. The van der Waals surface area contributed by atoms with Crippen molar-refractivity contribution in [3.63, 3.8) is 0 Å². The highest BCUT2D eigenvalue weighted by Crippen LogP contribution is 2.22. The van der Waals surface area contributed by atoms with Crippen molar-refractivity contribution in [2.24, 2.45) is 0 Å². The van der Waals surface area contributed by atoms with E-state index in [1.54, 1.807) is 29.7 Å². The molecule has 1 N–H and O–H groups in total. The molecular formula is C18H19N3O2S. The molecule has 1 aromatic carbocycles. The quantitative estimate of drug-likeness (QED) is 0.717. The van der Waals surface area contributed by atoms with E-state index in [2.05, 4.69) is 16.5 Å². The van der Waals surface area contributed by atoms with Gasteiger partial charge < -0.3 is 10.1 Å². The summed E-state index contributed by atoms with van der Waals surface area (Å²) in [5.41, 5.74) is 0.615. The van der Waals surface area contributed by atoms with E-state index in [1.165, 1.54) is 0 Å². The summed E-state index contributed by atoms with van der Waals surface area (Å²) in [6, 6.07) is 13.1. The van der Waals surface area contributed by atoms with Crippen molar-refractivity contribution in [3.8, 4) is 5.75 Å². The third kappa shape index (κ3) is 3.83. The molecule has 5 nitrogen and oxygen atoms in total. The van der Waals surface area contributed by atoms with Gasteiger partial charge in [0, 0.05) is 29.4 Å². The van der Waals surface area contributed by atoms with Crippen LogP contribution in [0.5, 0.6) is 5.75 Å². The van der Waals surface area contributed by atoms with Crippen LogP contribution in [0.1, 0.15) is 28.2 Å². The van der Waals surface area contributed by atoms with Crippen molar-refractivity contribution in [3.05, 3.63) is 70.7 Å². The molecule has 0 aliphatic carbocycles. The van der Waals surface area contributed by atoms with Crippen molar-refractivity contribution in [1.29, 1.82) is 0 Å². The molecule has 1 amide bonds. The maximum Gasteiger partial charge on any atom is 0.251 e. The van der Waals surface area contributed by atoms with E-state index in [9.17, 15) is 4.79 Å². The zero-order valence-electron chi connectivity index (χ0n) is 13.4. The largest absolute Gasteiger partial charge is 0.494 e. The minimum Gasteiger partial charge on any atom is -0.494 e. The zero-order valence-corrected chi connectivity index (χ0v) is 14.2. The summed E-state index contributed by atoms with van der Waals surface area (Å²) in [7, 11) is 0. The van der Waals surface area contributed by atoms with E-state index in [0.29, 0.717) is 18.7 Å². The van der Waals surface area contributed by atoms with Gasteiger partial charge in [0.2, 0.25) is 0 Å². The van der Waals surface area contributed by atoms with Crippen molar-refractivity contribution >= 4 is 17.2 Å². The van der Waals surface area contributed by atoms with Crippen LogP contribution >= 0.6 is 11.3 Å². The number of hydrogen-bond acceptors (Lipinski definition) is 4. The standard InChI is InChI=1S/C18H19N3O2S/c1-2-23-15-8-6-14(7-9-15)18(22)19-13-16(17-5-3-12-24-17)21-11-4-10-20-21/h3-12,16H,2,13H2,1H3,(H,19,22). The summed E-state index contributed by atoms with van der Waals surface area (Å²) in [5, 5.41) is 9.33. The third-order valence-electron chi connectivity index (χ3n) is 3.60. The van der Waals surface area contributed by atoms with Gasteiger partial charge in [-0.15, -0.1) is 11.3 Å². The van der Waals surface area contributed by atoms with E-state index in [-0.39, 0.29) is 11.9 Å². The molecule has 0 saturated carbocycles.